The van der Waals surface area contributed by atoms with Crippen LogP contribution in [0.4, 0.5) is 0 Å². The topological polar surface area (TPSA) is 63.6 Å². The van der Waals surface area contributed by atoms with Gasteiger partial charge in [0.2, 0.25) is 0 Å². The third kappa shape index (κ3) is 3.16. The van der Waals surface area contributed by atoms with Crippen molar-refractivity contribution in [2.75, 3.05) is 0 Å². The maximum Gasteiger partial charge on any atom is 0.340 e. The van der Waals surface area contributed by atoms with Crippen molar-refractivity contribution in [1.82, 2.24) is 0 Å². The lowest BCUT2D eigenvalue weighted by Gasteiger charge is -2.18. The largest absolute Gasteiger partial charge is 0.478 e. The Labute approximate surface area is 147 Å². The molecule has 0 amide bonds. The Balaban J connectivity index is 1.93. The molecule has 130 valence electrons. The van der Waals surface area contributed by atoms with Gasteiger partial charge < -0.3 is 9.84 Å². The van der Waals surface area contributed by atoms with E-state index in [9.17, 15) is 14.7 Å². The van der Waals surface area contributed by atoms with Crippen LogP contribution >= 0.6 is 0 Å². The molecule has 1 fully saturated rings. The fourth-order valence-corrected chi connectivity index (χ4v) is 4.10. The Morgan fingerprint density at radius 1 is 1.12 bits per heavy atom. The van der Waals surface area contributed by atoms with Gasteiger partial charge in [0.25, 0.3) is 0 Å². The number of aliphatic carboxylic acids is 1. The number of esters is 1. The lowest BCUT2D eigenvalue weighted by atomic mass is 9.92. The number of hydrogen-bond donors (Lipinski definition) is 1. The summed E-state index contributed by atoms with van der Waals surface area (Å²) in [6, 6.07) is 5.55. The van der Waals surface area contributed by atoms with Crippen LogP contribution in [-0.2, 0) is 22.4 Å². The predicted molar refractivity (Wildman–Crippen MR) is 95.4 cm³/mol. The molecule has 2 aliphatic rings. The monoisotopic (exact) mass is 338 g/mol. The van der Waals surface area contributed by atoms with Crippen molar-refractivity contribution >= 4 is 11.9 Å². The fraction of sp³-hybridized carbons (Fsp3) is 0.333. The van der Waals surface area contributed by atoms with E-state index in [2.05, 4.69) is 13.2 Å². The molecule has 1 aromatic rings. The van der Waals surface area contributed by atoms with Crippen LogP contribution in [0.15, 0.2) is 54.7 Å². The Bertz CT molecular complexity index is 772. The van der Waals surface area contributed by atoms with Crippen LogP contribution in [0, 0.1) is 11.8 Å². The molecule has 0 spiro atoms. The predicted octanol–water partition coefficient (Wildman–Crippen LogP) is 3.86. The molecular weight excluding hydrogens is 316 g/mol. The van der Waals surface area contributed by atoms with E-state index in [0.29, 0.717) is 24.2 Å². The van der Waals surface area contributed by atoms with Crippen molar-refractivity contribution in [3.8, 4) is 5.75 Å². The molecule has 1 saturated carbocycles. The number of rotatable bonds is 7. The summed E-state index contributed by atoms with van der Waals surface area (Å²) in [6.45, 7) is 7.53. The van der Waals surface area contributed by atoms with Gasteiger partial charge >= 0.3 is 11.9 Å². The van der Waals surface area contributed by atoms with Gasteiger partial charge in [0.05, 0.1) is 11.1 Å². The molecule has 2 unspecified atom stereocenters. The van der Waals surface area contributed by atoms with E-state index in [1.807, 2.05) is 12.1 Å². The zero-order chi connectivity index (χ0) is 18.0. The summed E-state index contributed by atoms with van der Waals surface area (Å²) in [5.74, 6) is -1.03. The second kappa shape index (κ2) is 7.09. The molecule has 0 radical (unpaired) electrons. The van der Waals surface area contributed by atoms with Gasteiger partial charge in [-0.25, -0.2) is 9.59 Å². The smallest absolute Gasteiger partial charge is 0.340 e. The third-order valence-corrected chi connectivity index (χ3v) is 5.14. The molecule has 2 atom stereocenters. The molecule has 0 saturated heterocycles. The highest BCUT2D eigenvalue weighted by atomic mass is 16.5. The summed E-state index contributed by atoms with van der Waals surface area (Å²) in [7, 11) is 0. The number of carbonyl (C=O) groups is 2. The maximum atomic E-state index is 12.8. The number of allylic oxidation sites excluding steroid dienone is 2. The lowest BCUT2D eigenvalue weighted by molar-refractivity contribution is -0.135. The van der Waals surface area contributed by atoms with Gasteiger partial charge in [-0.1, -0.05) is 24.3 Å². The molecule has 4 nitrogen and oxygen atoms in total. The van der Waals surface area contributed by atoms with E-state index in [0.717, 1.165) is 30.4 Å². The molecule has 1 N–H and O–H groups in total. The highest BCUT2D eigenvalue weighted by Gasteiger charge is 2.45. The van der Waals surface area contributed by atoms with Gasteiger partial charge in [0, 0.05) is 5.56 Å². The van der Waals surface area contributed by atoms with E-state index in [4.69, 9.17) is 4.74 Å². The average Bonchev–Trinajstić information content (AvgIpc) is 3.19. The number of carboxylic acid groups (broad SMARTS) is 1. The number of benzene rings is 1. The average molecular weight is 338 g/mol. The Morgan fingerprint density at radius 3 is 2.44 bits per heavy atom. The quantitative estimate of drug-likeness (QED) is 0.466. The minimum Gasteiger partial charge on any atom is -0.478 e. The first-order chi connectivity index (χ1) is 12.1. The number of ether oxygens (including phenoxy) is 1. The van der Waals surface area contributed by atoms with Crippen molar-refractivity contribution in [3.63, 3.8) is 0 Å². The number of carbonyl (C=O) groups excluding carboxylic acids is 1. The molecule has 2 bridgehead atoms. The number of carboxylic acids is 1. The first-order valence-electron chi connectivity index (χ1n) is 8.58. The molecule has 4 heteroatoms. The van der Waals surface area contributed by atoms with Crippen LogP contribution in [0.3, 0.4) is 0 Å². The summed E-state index contributed by atoms with van der Waals surface area (Å²) in [6.07, 6.45) is 7.27. The Hall–Kier alpha value is -2.62. The van der Waals surface area contributed by atoms with Crippen molar-refractivity contribution in [3.05, 3.63) is 65.8 Å². The van der Waals surface area contributed by atoms with E-state index in [1.165, 1.54) is 0 Å². The minimum absolute atomic E-state index is 0.00945. The molecule has 0 aromatic heterocycles. The highest BCUT2D eigenvalue weighted by Crippen LogP contribution is 2.49. The van der Waals surface area contributed by atoms with Crippen LogP contribution in [0.5, 0.6) is 5.75 Å². The normalized spacial score (nSPS) is 21.3. The SMILES string of the molecule is C=CCc1cccc(OC(=O)C2=C(C(=O)O)C3CCC2C3)c1CC=C. The number of fused-ring (bicyclic) bond motifs is 2. The first-order valence-corrected chi connectivity index (χ1v) is 8.58. The second-order valence-electron chi connectivity index (χ2n) is 6.61. The Kier molecular flexibility index (Phi) is 4.88. The molecule has 0 aliphatic heterocycles. The van der Waals surface area contributed by atoms with Gasteiger partial charge in [0.1, 0.15) is 5.75 Å². The van der Waals surface area contributed by atoms with Gasteiger partial charge in [0.15, 0.2) is 0 Å². The van der Waals surface area contributed by atoms with Crippen LogP contribution in [0.25, 0.3) is 0 Å². The third-order valence-electron chi connectivity index (χ3n) is 5.14. The molecular formula is C21H22O4. The van der Waals surface area contributed by atoms with E-state index < -0.39 is 11.9 Å². The standard InChI is InChI=1S/C21H22O4/c1-3-6-13-8-5-9-17(16(13)7-4-2)25-21(24)19-15-11-10-14(12-15)18(19)20(22)23/h3-5,8-9,14-15H,1-2,6-7,10-12H2,(H,22,23). The molecule has 1 aromatic carbocycles. The molecule has 2 aliphatic carbocycles. The Morgan fingerprint density at radius 2 is 1.80 bits per heavy atom. The van der Waals surface area contributed by atoms with Crippen LogP contribution in [0.1, 0.15) is 30.4 Å². The molecule has 0 heterocycles. The van der Waals surface area contributed by atoms with Crippen molar-refractivity contribution in [2.45, 2.75) is 32.1 Å². The fourth-order valence-electron chi connectivity index (χ4n) is 4.10. The van der Waals surface area contributed by atoms with Gasteiger partial charge in [-0.05, 0) is 55.6 Å². The maximum absolute atomic E-state index is 12.8. The number of hydrogen-bond acceptors (Lipinski definition) is 3. The van der Waals surface area contributed by atoms with Crippen LogP contribution in [-0.4, -0.2) is 17.0 Å². The van der Waals surface area contributed by atoms with Crippen molar-refractivity contribution < 1.29 is 19.4 Å². The van der Waals surface area contributed by atoms with Crippen molar-refractivity contribution in [2.24, 2.45) is 11.8 Å². The first kappa shape index (κ1) is 17.2. The van der Waals surface area contributed by atoms with Crippen LogP contribution < -0.4 is 4.74 Å². The molecule has 3 rings (SSSR count). The minimum atomic E-state index is -0.995. The van der Waals surface area contributed by atoms with Gasteiger partial charge in [-0.3, -0.25) is 0 Å². The van der Waals surface area contributed by atoms with E-state index in [1.54, 1.807) is 18.2 Å². The zero-order valence-corrected chi connectivity index (χ0v) is 14.2. The summed E-state index contributed by atoms with van der Waals surface area (Å²) >= 11 is 0. The molecule has 25 heavy (non-hydrogen) atoms. The van der Waals surface area contributed by atoms with Crippen LogP contribution in [0.2, 0.25) is 0 Å². The van der Waals surface area contributed by atoms with E-state index >= 15 is 0 Å². The van der Waals surface area contributed by atoms with Gasteiger partial charge in [-0.15, -0.1) is 13.2 Å². The summed E-state index contributed by atoms with van der Waals surface area (Å²) in [5.41, 5.74) is 2.54. The lowest BCUT2D eigenvalue weighted by Crippen LogP contribution is -2.22. The van der Waals surface area contributed by atoms with Crippen molar-refractivity contribution in [1.29, 1.82) is 0 Å². The zero-order valence-electron chi connectivity index (χ0n) is 14.2. The second-order valence-corrected chi connectivity index (χ2v) is 6.61. The van der Waals surface area contributed by atoms with Gasteiger partial charge in [-0.2, -0.15) is 0 Å². The summed E-state index contributed by atoms with van der Waals surface area (Å²) < 4.78 is 5.66. The van der Waals surface area contributed by atoms with E-state index in [-0.39, 0.29) is 17.4 Å². The summed E-state index contributed by atoms with van der Waals surface area (Å²) in [4.78, 5) is 24.3. The summed E-state index contributed by atoms with van der Waals surface area (Å²) in [5, 5.41) is 9.48. The highest BCUT2D eigenvalue weighted by molar-refractivity contribution is 6.02.